The van der Waals surface area contributed by atoms with Crippen molar-refractivity contribution in [3.63, 3.8) is 0 Å². The summed E-state index contributed by atoms with van der Waals surface area (Å²) >= 11 is 3.57. The van der Waals surface area contributed by atoms with Gasteiger partial charge in [-0.1, -0.05) is 28.1 Å². The van der Waals surface area contributed by atoms with Gasteiger partial charge in [0.1, 0.15) is 5.69 Å². The van der Waals surface area contributed by atoms with Crippen LogP contribution in [0.3, 0.4) is 0 Å². The molecule has 0 fully saturated rings. The number of nitrogens with zero attached hydrogens (tertiary/aromatic N) is 2. The van der Waals surface area contributed by atoms with E-state index in [1.165, 1.54) is 5.56 Å². The first-order valence-electron chi connectivity index (χ1n) is 5.53. The summed E-state index contributed by atoms with van der Waals surface area (Å²) in [5, 5.41) is 3.22. The van der Waals surface area contributed by atoms with Gasteiger partial charge in [-0.3, -0.25) is 4.98 Å². The first-order chi connectivity index (χ1) is 8.22. The third kappa shape index (κ3) is 2.64. The molecule has 0 atom stereocenters. The molecular formula is C13H14BrN3. The van der Waals surface area contributed by atoms with Gasteiger partial charge in [0.05, 0.1) is 0 Å². The SMILES string of the molecule is CCNc1nccnc1-c1ccc(C)cc1Br. The van der Waals surface area contributed by atoms with Gasteiger partial charge in [0, 0.05) is 29.0 Å². The largest absolute Gasteiger partial charge is 0.369 e. The number of hydrogen-bond acceptors (Lipinski definition) is 3. The number of rotatable bonds is 3. The van der Waals surface area contributed by atoms with Gasteiger partial charge in [0.25, 0.3) is 0 Å². The summed E-state index contributed by atoms with van der Waals surface area (Å²) in [6.45, 7) is 4.94. The summed E-state index contributed by atoms with van der Waals surface area (Å²) < 4.78 is 1.04. The van der Waals surface area contributed by atoms with Crippen LogP contribution >= 0.6 is 15.9 Å². The predicted molar refractivity (Wildman–Crippen MR) is 74.1 cm³/mol. The zero-order valence-electron chi connectivity index (χ0n) is 9.87. The second kappa shape index (κ2) is 5.27. The lowest BCUT2D eigenvalue weighted by atomic mass is 10.1. The molecule has 3 nitrogen and oxygen atoms in total. The summed E-state index contributed by atoms with van der Waals surface area (Å²) in [4.78, 5) is 8.72. The van der Waals surface area contributed by atoms with Gasteiger partial charge in [-0.15, -0.1) is 0 Å². The highest BCUT2D eigenvalue weighted by Gasteiger charge is 2.10. The summed E-state index contributed by atoms with van der Waals surface area (Å²) in [7, 11) is 0. The van der Waals surface area contributed by atoms with Crippen LogP contribution < -0.4 is 5.32 Å². The molecule has 4 heteroatoms. The minimum atomic E-state index is 0.819. The maximum atomic E-state index is 4.40. The van der Waals surface area contributed by atoms with E-state index in [-0.39, 0.29) is 0 Å². The van der Waals surface area contributed by atoms with Crippen molar-refractivity contribution >= 4 is 21.7 Å². The van der Waals surface area contributed by atoms with Crippen LogP contribution in [-0.4, -0.2) is 16.5 Å². The Morgan fingerprint density at radius 3 is 2.71 bits per heavy atom. The zero-order chi connectivity index (χ0) is 12.3. The van der Waals surface area contributed by atoms with E-state index in [4.69, 9.17) is 0 Å². The molecule has 88 valence electrons. The molecule has 0 saturated heterocycles. The van der Waals surface area contributed by atoms with E-state index in [9.17, 15) is 0 Å². The van der Waals surface area contributed by atoms with Gasteiger partial charge in [0.2, 0.25) is 0 Å². The average molecular weight is 292 g/mol. The van der Waals surface area contributed by atoms with Gasteiger partial charge in [0.15, 0.2) is 5.82 Å². The Kier molecular flexibility index (Phi) is 3.74. The monoisotopic (exact) mass is 291 g/mol. The molecule has 0 radical (unpaired) electrons. The summed E-state index contributed by atoms with van der Waals surface area (Å²) in [6.07, 6.45) is 3.41. The molecule has 0 spiro atoms. The summed E-state index contributed by atoms with van der Waals surface area (Å²) in [5.74, 6) is 0.819. The highest BCUT2D eigenvalue weighted by molar-refractivity contribution is 9.10. The van der Waals surface area contributed by atoms with Crippen molar-refractivity contribution in [2.24, 2.45) is 0 Å². The van der Waals surface area contributed by atoms with Crippen molar-refractivity contribution < 1.29 is 0 Å². The third-order valence-electron chi connectivity index (χ3n) is 2.42. The first kappa shape index (κ1) is 12.0. The molecule has 0 aliphatic carbocycles. The van der Waals surface area contributed by atoms with Crippen molar-refractivity contribution in [2.75, 3.05) is 11.9 Å². The smallest absolute Gasteiger partial charge is 0.152 e. The molecule has 0 unspecified atom stereocenters. The van der Waals surface area contributed by atoms with Gasteiger partial charge >= 0.3 is 0 Å². The van der Waals surface area contributed by atoms with Gasteiger partial charge in [-0.25, -0.2) is 4.98 Å². The Bertz CT molecular complexity index is 526. The Morgan fingerprint density at radius 1 is 1.24 bits per heavy atom. The minimum absolute atomic E-state index is 0.819. The number of aromatic nitrogens is 2. The molecule has 17 heavy (non-hydrogen) atoms. The molecule has 0 saturated carbocycles. The van der Waals surface area contributed by atoms with E-state index in [1.807, 2.05) is 6.92 Å². The number of anilines is 1. The molecule has 0 amide bonds. The molecule has 1 aromatic carbocycles. The number of halogens is 1. The van der Waals surface area contributed by atoms with Crippen molar-refractivity contribution in [1.82, 2.24) is 9.97 Å². The number of nitrogens with one attached hydrogen (secondary N) is 1. The highest BCUT2D eigenvalue weighted by Crippen LogP contribution is 2.31. The molecule has 2 rings (SSSR count). The Morgan fingerprint density at radius 2 is 2.00 bits per heavy atom. The van der Waals surface area contributed by atoms with Crippen molar-refractivity contribution in [3.05, 3.63) is 40.6 Å². The van der Waals surface area contributed by atoms with Crippen molar-refractivity contribution in [3.8, 4) is 11.3 Å². The van der Waals surface area contributed by atoms with Crippen LogP contribution in [0.2, 0.25) is 0 Å². The topological polar surface area (TPSA) is 37.8 Å². The second-order valence-electron chi connectivity index (χ2n) is 3.77. The van der Waals surface area contributed by atoms with E-state index in [0.29, 0.717) is 0 Å². The molecule has 0 aliphatic heterocycles. The zero-order valence-corrected chi connectivity index (χ0v) is 11.5. The Hall–Kier alpha value is -1.42. The van der Waals surface area contributed by atoms with E-state index >= 15 is 0 Å². The van der Waals surface area contributed by atoms with Crippen LogP contribution in [0.25, 0.3) is 11.3 Å². The molecule has 1 heterocycles. The van der Waals surface area contributed by atoms with E-state index < -0.39 is 0 Å². The predicted octanol–water partition coefficient (Wildman–Crippen LogP) is 3.65. The van der Waals surface area contributed by atoms with Crippen LogP contribution in [0.1, 0.15) is 12.5 Å². The fourth-order valence-corrected chi connectivity index (χ4v) is 2.33. The van der Waals surface area contributed by atoms with Crippen LogP contribution in [0, 0.1) is 6.92 Å². The molecule has 1 aromatic heterocycles. The van der Waals surface area contributed by atoms with Crippen LogP contribution in [0.4, 0.5) is 5.82 Å². The fourth-order valence-electron chi connectivity index (χ4n) is 1.64. The van der Waals surface area contributed by atoms with E-state index in [0.717, 1.165) is 28.1 Å². The van der Waals surface area contributed by atoms with E-state index in [1.54, 1.807) is 12.4 Å². The molecular weight excluding hydrogens is 278 g/mol. The minimum Gasteiger partial charge on any atom is -0.369 e. The van der Waals surface area contributed by atoms with Gasteiger partial charge in [-0.2, -0.15) is 0 Å². The molecule has 0 bridgehead atoms. The number of hydrogen-bond donors (Lipinski definition) is 1. The summed E-state index contributed by atoms with van der Waals surface area (Å²) in [6, 6.07) is 6.22. The highest BCUT2D eigenvalue weighted by atomic mass is 79.9. The van der Waals surface area contributed by atoms with Gasteiger partial charge < -0.3 is 5.32 Å². The lowest BCUT2D eigenvalue weighted by Gasteiger charge is -2.10. The molecule has 1 N–H and O–H groups in total. The van der Waals surface area contributed by atoms with E-state index in [2.05, 4.69) is 56.3 Å². The van der Waals surface area contributed by atoms with Crippen molar-refractivity contribution in [1.29, 1.82) is 0 Å². The van der Waals surface area contributed by atoms with Crippen LogP contribution in [0.5, 0.6) is 0 Å². The Labute approximate surface area is 109 Å². The second-order valence-corrected chi connectivity index (χ2v) is 4.62. The molecule has 2 aromatic rings. The maximum absolute atomic E-state index is 4.40. The Balaban J connectivity index is 2.52. The number of benzene rings is 1. The standard InChI is InChI=1S/C13H14BrN3/c1-3-15-13-12(16-6-7-17-13)10-5-4-9(2)8-11(10)14/h4-8H,3H2,1-2H3,(H,15,17). The maximum Gasteiger partial charge on any atom is 0.152 e. The first-order valence-corrected chi connectivity index (χ1v) is 6.33. The third-order valence-corrected chi connectivity index (χ3v) is 3.08. The lowest BCUT2D eigenvalue weighted by Crippen LogP contribution is -2.02. The normalized spacial score (nSPS) is 10.3. The quantitative estimate of drug-likeness (QED) is 0.938. The van der Waals surface area contributed by atoms with Crippen LogP contribution in [0.15, 0.2) is 35.1 Å². The molecule has 0 aliphatic rings. The van der Waals surface area contributed by atoms with Crippen molar-refractivity contribution in [2.45, 2.75) is 13.8 Å². The summed E-state index contributed by atoms with van der Waals surface area (Å²) in [5.41, 5.74) is 3.15. The fraction of sp³-hybridized carbons (Fsp3) is 0.231. The van der Waals surface area contributed by atoms with Gasteiger partial charge in [-0.05, 0) is 25.5 Å². The average Bonchev–Trinajstić information content (AvgIpc) is 2.31. The lowest BCUT2D eigenvalue weighted by molar-refractivity contribution is 1.12. The van der Waals surface area contributed by atoms with Crippen LogP contribution in [-0.2, 0) is 0 Å². The number of aryl methyl sites for hydroxylation is 1.